The highest BCUT2D eigenvalue weighted by atomic mass is 19.2. The fraction of sp³-hybridized carbons (Fsp3) is 0.0588. The highest BCUT2D eigenvalue weighted by Gasteiger charge is 2.29. The van der Waals surface area contributed by atoms with Gasteiger partial charge in [-0.25, -0.2) is 13.2 Å². The van der Waals surface area contributed by atoms with E-state index < -0.39 is 51.6 Å². The number of rotatable bonds is 3. The van der Waals surface area contributed by atoms with E-state index in [2.05, 4.69) is 5.32 Å². The van der Waals surface area contributed by atoms with Gasteiger partial charge in [0, 0.05) is 11.3 Å². The quantitative estimate of drug-likeness (QED) is 0.422. The molecule has 1 aromatic heterocycles. The number of furan rings is 1. The van der Waals surface area contributed by atoms with Crippen LogP contribution in [0.1, 0.15) is 26.5 Å². The first kappa shape index (κ1) is 17.5. The molecule has 2 aromatic carbocycles. The average Bonchev–Trinajstić information content (AvgIpc) is 2.95. The van der Waals surface area contributed by atoms with Crippen molar-refractivity contribution < 1.29 is 31.6 Å². The van der Waals surface area contributed by atoms with Crippen LogP contribution in [0.5, 0.6) is 0 Å². The molecule has 0 unspecified atom stereocenters. The number of primary amides is 1. The first-order valence-electron chi connectivity index (χ1n) is 7.18. The van der Waals surface area contributed by atoms with Crippen LogP contribution in [0.15, 0.2) is 28.7 Å². The Kier molecular flexibility index (Phi) is 4.15. The van der Waals surface area contributed by atoms with Gasteiger partial charge in [-0.15, -0.1) is 0 Å². The van der Waals surface area contributed by atoms with E-state index in [1.165, 1.54) is 31.2 Å². The number of nitrogens with two attached hydrogens (primary N) is 1. The van der Waals surface area contributed by atoms with E-state index in [9.17, 15) is 27.2 Å². The van der Waals surface area contributed by atoms with Gasteiger partial charge >= 0.3 is 0 Å². The number of aryl methyl sites for hydroxylation is 1. The van der Waals surface area contributed by atoms with Crippen LogP contribution >= 0.6 is 0 Å². The average molecular weight is 366 g/mol. The van der Waals surface area contributed by atoms with E-state index >= 15 is 0 Å². The Bertz CT molecular complexity index is 1080. The minimum atomic E-state index is -2.06. The molecule has 0 spiro atoms. The van der Waals surface area contributed by atoms with Crippen molar-refractivity contribution in [2.24, 2.45) is 5.73 Å². The zero-order valence-corrected chi connectivity index (χ0v) is 13.1. The number of carbonyl (C=O) groups excluding carboxylic acids is 2. The van der Waals surface area contributed by atoms with E-state index in [4.69, 9.17) is 10.2 Å². The molecule has 0 aliphatic carbocycles. The van der Waals surface area contributed by atoms with Crippen molar-refractivity contribution in [2.75, 3.05) is 5.32 Å². The maximum Gasteiger partial charge on any atom is 0.259 e. The topological polar surface area (TPSA) is 85.3 Å². The summed E-state index contributed by atoms with van der Waals surface area (Å²) in [5.74, 6) is -9.52. The summed E-state index contributed by atoms with van der Waals surface area (Å²) in [5.41, 5.74) is 3.96. The SMILES string of the molecule is Cc1oc2c(F)c(F)c(F)c(F)c2c1C(=O)Nc1cccc(C(N)=O)c1. The third kappa shape index (κ3) is 2.67. The molecule has 9 heteroatoms. The number of hydrogen-bond donors (Lipinski definition) is 2. The molecule has 0 fully saturated rings. The standard InChI is InChI=1S/C17H10F4N2O3/c1-6-9(10-11(18)12(19)13(20)14(21)15(10)26-6)17(25)23-8-4-2-3-7(5-8)16(22)24/h2-5H,1H3,(H2,22,24)(H,23,25). The highest BCUT2D eigenvalue weighted by molar-refractivity contribution is 6.13. The molecule has 3 rings (SSSR count). The Morgan fingerprint density at radius 2 is 1.69 bits per heavy atom. The third-order valence-electron chi connectivity index (χ3n) is 3.71. The predicted octanol–water partition coefficient (Wildman–Crippen LogP) is 3.65. The summed E-state index contributed by atoms with van der Waals surface area (Å²) in [6.07, 6.45) is 0. The molecule has 0 saturated heterocycles. The van der Waals surface area contributed by atoms with Crippen molar-refractivity contribution in [3.05, 3.63) is 64.4 Å². The zero-order valence-electron chi connectivity index (χ0n) is 13.1. The summed E-state index contributed by atoms with van der Waals surface area (Å²) in [4.78, 5) is 23.6. The van der Waals surface area contributed by atoms with Crippen LogP contribution < -0.4 is 11.1 Å². The van der Waals surface area contributed by atoms with Crippen LogP contribution in [0.2, 0.25) is 0 Å². The van der Waals surface area contributed by atoms with Gasteiger partial charge in [-0.05, 0) is 25.1 Å². The smallest absolute Gasteiger partial charge is 0.259 e. The lowest BCUT2D eigenvalue weighted by atomic mass is 10.1. The van der Waals surface area contributed by atoms with E-state index in [-0.39, 0.29) is 17.0 Å². The van der Waals surface area contributed by atoms with Gasteiger partial charge in [-0.3, -0.25) is 9.59 Å². The second-order valence-corrected chi connectivity index (χ2v) is 5.39. The van der Waals surface area contributed by atoms with Crippen molar-refractivity contribution in [2.45, 2.75) is 6.92 Å². The van der Waals surface area contributed by atoms with Crippen LogP contribution in [-0.2, 0) is 0 Å². The number of hydrogen-bond acceptors (Lipinski definition) is 3. The van der Waals surface area contributed by atoms with Gasteiger partial charge in [-0.1, -0.05) is 6.07 Å². The number of halogens is 4. The third-order valence-corrected chi connectivity index (χ3v) is 3.71. The number of nitrogens with one attached hydrogen (secondary N) is 1. The molecule has 0 bridgehead atoms. The second-order valence-electron chi connectivity index (χ2n) is 5.39. The highest BCUT2D eigenvalue weighted by Crippen LogP contribution is 2.33. The largest absolute Gasteiger partial charge is 0.457 e. The van der Waals surface area contributed by atoms with Crippen LogP contribution in [0.25, 0.3) is 11.0 Å². The molecule has 2 amide bonds. The summed E-state index contributed by atoms with van der Waals surface area (Å²) in [5, 5.41) is 1.52. The first-order chi connectivity index (χ1) is 12.2. The molecule has 0 atom stereocenters. The maximum absolute atomic E-state index is 14.1. The van der Waals surface area contributed by atoms with Crippen molar-refractivity contribution in [1.82, 2.24) is 0 Å². The summed E-state index contributed by atoms with van der Waals surface area (Å²) in [6.45, 7) is 1.21. The van der Waals surface area contributed by atoms with E-state index in [0.29, 0.717) is 0 Å². The molecule has 26 heavy (non-hydrogen) atoms. The molecule has 134 valence electrons. The molecule has 0 saturated carbocycles. The molecule has 0 aliphatic rings. The van der Waals surface area contributed by atoms with Crippen LogP contribution in [0.3, 0.4) is 0 Å². The summed E-state index contributed by atoms with van der Waals surface area (Å²) < 4.78 is 59.7. The van der Waals surface area contributed by atoms with Crippen LogP contribution in [0, 0.1) is 30.2 Å². The minimum Gasteiger partial charge on any atom is -0.457 e. The van der Waals surface area contributed by atoms with Crippen LogP contribution in [0.4, 0.5) is 23.2 Å². The number of anilines is 1. The lowest BCUT2D eigenvalue weighted by molar-refractivity contribution is 0.0996. The van der Waals surface area contributed by atoms with Gasteiger partial charge in [0.15, 0.2) is 17.2 Å². The molecule has 3 N–H and O–H groups in total. The number of amides is 2. The Morgan fingerprint density at radius 1 is 1.04 bits per heavy atom. The summed E-state index contributed by atoms with van der Waals surface area (Å²) in [7, 11) is 0. The Hall–Kier alpha value is -3.36. The maximum atomic E-state index is 14.1. The Balaban J connectivity index is 2.11. The Labute approximate surface area is 143 Å². The number of fused-ring (bicyclic) bond motifs is 1. The Morgan fingerprint density at radius 3 is 2.35 bits per heavy atom. The molecular formula is C17H10F4N2O3. The monoisotopic (exact) mass is 366 g/mol. The van der Waals surface area contributed by atoms with Gasteiger partial charge in [0.1, 0.15) is 5.76 Å². The summed E-state index contributed by atoms with van der Waals surface area (Å²) >= 11 is 0. The predicted molar refractivity (Wildman–Crippen MR) is 83.7 cm³/mol. The van der Waals surface area contributed by atoms with Crippen molar-refractivity contribution in [3.63, 3.8) is 0 Å². The molecule has 1 heterocycles. The van der Waals surface area contributed by atoms with Crippen LogP contribution in [-0.4, -0.2) is 11.8 Å². The fourth-order valence-corrected chi connectivity index (χ4v) is 2.53. The zero-order chi connectivity index (χ0) is 19.2. The van der Waals surface area contributed by atoms with Gasteiger partial charge in [-0.2, -0.15) is 4.39 Å². The molecule has 0 radical (unpaired) electrons. The lowest BCUT2D eigenvalue weighted by Gasteiger charge is -2.07. The lowest BCUT2D eigenvalue weighted by Crippen LogP contribution is -2.15. The summed E-state index contributed by atoms with van der Waals surface area (Å²) in [6, 6.07) is 5.52. The first-order valence-corrected chi connectivity index (χ1v) is 7.18. The number of carbonyl (C=O) groups is 2. The normalized spacial score (nSPS) is 11.0. The number of benzene rings is 2. The van der Waals surface area contributed by atoms with E-state index in [1.807, 2.05) is 0 Å². The minimum absolute atomic E-state index is 0.0990. The second kappa shape index (κ2) is 6.17. The molecular weight excluding hydrogens is 356 g/mol. The molecule has 3 aromatic rings. The van der Waals surface area contributed by atoms with E-state index in [0.717, 1.165) is 0 Å². The van der Waals surface area contributed by atoms with Gasteiger partial charge in [0.2, 0.25) is 17.5 Å². The molecule has 5 nitrogen and oxygen atoms in total. The van der Waals surface area contributed by atoms with Gasteiger partial charge < -0.3 is 15.5 Å². The van der Waals surface area contributed by atoms with Crippen molar-refractivity contribution >= 4 is 28.5 Å². The molecule has 0 aliphatic heterocycles. The van der Waals surface area contributed by atoms with Crippen molar-refractivity contribution in [1.29, 1.82) is 0 Å². The van der Waals surface area contributed by atoms with E-state index in [1.54, 1.807) is 0 Å². The van der Waals surface area contributed by atoms with Gasteiger partial charge in [0.05, 0.1) is 10.9 Å². The van der Waals surface area contributed by atoms with Crippen molar-refractivity contribution in [3.8, 4) is 0 Å². The van der Waals surface area contributed by atoms with Gasteiger partial charge in [0.25, 0.3) is 5.91 Å². The fourth-order valence-electron chi connectivity index (χ4n) is 2.53.